The summed E-state index contributed by atoms with van der Waals surface area (Å²) in [7, 11) is 0. The van der Waals surface area contributed by atoms with Gasteiger partial charge in [0.25, 0.3) is 5.91 Å². The Bertz CT molecular complexity index is 508. The molecule has 2 N–H and O–H groups in total. The molecule has 0 saturated carbocycles. The number of amides is 1. The fraction of sp³-hybridized carbons (Fsp3) is 0.412. The molecule has 5 heteroatoms. The molecule has 1 aromatic carbocycles. The molecule has 0 saturated heterocycles. The molecule has 22 heavy (non-hydrogen) atoms. The Kier molecular flexibility index (Phi) is 7.75. The summed E-state index contributed by atoms with van der Waals surface area (Å²) in [6.07, 6.45) is 5.76. The molecule has 0 aliphatic heterocycles. The molecule has 0 bridgehead atoms. The molecule has 0 spiro atoms. The summed E-state index contributed by atoms with van der Waals surface area (Å²) >= 11 is 0. The molecule has 1 unspecified atom stereocenters. The summed E-state index contributed by atoms with van der Waals surface area (Å²) in [5.41, 5.74) is 0.412. The number of carbonyl (C=O) groups excluding carboxylic acids is 1. The van der Waals surface area contributed by atoms with E-state index < -0.39 is 17.9 Å². The van der Waals surface area contributed by atoms with Gasteiger partial charge in [-0.3, -0.25) is 4.79 Å². The van der Waals surface area contributed by atoms with E-state index in [-0.39, 0.29) is 6.42 Å². The molecule has 0 heterocycles. The first-order valence-corrected chi connectivity index (χ1v) is 7.46. The molecule has 1 aromatic rings. The highest BCUT2D eigenvalue weighted by Crippen LogP contribution is 2.13. The number of rotatable bonds is 9. The van der Waals surface area contributed by atoms with E-state index in [4.69, 9.17) is 9.84 Å². The minimum Gasteiger partial charge on any atom is -0.494 e. The van der Waals surface area contributed by atoms with E-state index in [1.54, 1.807) is 43.3 Å². The van der Waals surface area contributed by atoms with Gasteiger partial charge in [0.15, 0.2) is 0 Å². The number of carbonyl (C=O) groups is 2. The van der Waals surface area contributed by atoms with Crippen molar-refractivity contribution in [1.82, 2.24) is 5.32 Å². The Balaban J connectivity index is 2.62. The summed E-state index contributed by atoms with van der Waals surface area (Å²) < 4.78 is 5.52. The molecular weight excluding hydrogens is 282 g/mol. The number of ether oxygens (including phenoxy) is 1. The average Bonchev–Trinajstić information content (AvgIpc) is 2.51. The van der Waals surface area contributed by atoms with Crippen LogP contribution in [0.4, 0.5) is 0 Å². The molecule has 0 fully saturated rings. The van der Waals surface area contributed by atoms with Crippen molar-refractivity contribution < 1.29 is 19.4 Å². The van der Waals surface area contributed by atoms with Crippen LogP contribution < -0.4 is 10.1 Å². The number of allylic oxidation sites excluding steroid dienone is 1. The zero-order valence-electron chi connectivity index (χ0n) is 13.0. The Morgan fingerprint density at radius 1 is 1.32 bits per heavy atom. The van der Waals surface area contributed by atoms with Crippen LogP contribution in [0.15, 0.2) is 36.4 Å². The lowest BCUT2D eigenvalue weighted by Gasteiger charge is -2.13. The predicted octanol–water partition coefficient (Wildman–Crippen LogP) is 3.01. The van der Waals surface area contributed by atoms with Crippen LogP contribution in [0.2, 0.25) is 0 Å². The zero-order chi connectivity index (χ0) is 16.4. The molecule has 0 aliphatic carbocycles. The van der Waals surface area contributed by atoms with Gasteiger partial charge in [-0.15, -0.1) is 0 Å². The third-order valence-electron chi connectivity index (χ3n) is 3.09. The van der Waals surface area contributed by atoms with Gasteiger partial charge < -0.3 is 15.2 Å². The molecule has 0 aliphatic rings. The molecule has 0 radical (unpaired) electrons. The van der Waals surface area contributed by atoms with Gasteiger partial charge in [-0.05, 0) is 44.0 Å². The molecule has 1 rings (SSSR count). The third-order valence-corrected chi connectivity index (χ3v) is 3.09. The van der Waals surface area contributed by atoms with Crippen molar-refractivity contribution in [3.8, 4) is 5.75 Å². The Labute approximate surface area is 131 Å². The molecule has 120 valence electrons. The normalized spacial score (nSPS) is 12.1. The first-order chi connectivity index (χ1) is 10.6. The molecule has 1 amide bonds. The summed E-state index contributed by atoms with van der Waals surface area (Å²) in [5, 5.41) is 11.6. The summed E-state index contributed by atoms with van der Waals surface area (Å²) in [6, 6.07) is 5.76. The van der Waals surface area contributed by atoms with Crippen molar-refractivity contribution in [3.05, 3.63) is 42.0 Å². The number of unbranched alkanes of at least 4 members (excludes halogenated alkanes) is 1. The average molecular weight is 305 g/mol. The van der Waals surface area contributed by atoms with Crippen molar-refractivity contribution in [2.75, 3.05) is 6.61 Å². The second kappa shape index (κ2) is 9.60. The smallest absolute Gasteiger partial charge is 0.326 e. The lowest BCUT2D eigenvalue weighted by molar-refractivity contribution is -0.139. The SMILES string of the molecule is C/C=C/CC(NC(=O)c1ccc(OCCCC)cc1)C(=O)O. The van der Waals surface area contributed by atoms with Gasteiger partial charge in [0.1, 0.15) is 11.8 Å². The number of hydrogen-bond donors (Lipinski definition) is 2. The van der Waals surface area contributed by atoms with Crippen molar-refractivity contribution in [2.24, 2.45) is 0 Å². The van der Waals surface area contributed by atoms with E-state index in [2.05, 4.69) is 12.2 Å². The Morgan fingerprint density at radius 2 is 2.00 bits per heavy atom. The maximum atomic E-state index is 12.1. The standard InChI is InChI=1S/C17H23NO4/c1-3-5-7-15(17(20)21)18-16(19)13-8-10-14(11-9-13)22-12-6-4-2/h3,5,8-11,15H,4,6-7,12H2,1-2H3,(H,18,19)(H,20,21)/b5-3+. The summed E-state index contributed by atoms with van der Waals surface area (Å²) in [4.78, 5) is 23.2. The quantitative estimate of drug-likeness (QED) is 0.543. The second-order valence-electron chi connectivity index (χ2n) is 4.90. The van der Waals surface area contributed by atoms with Gasteiger partial charge in [-0.1, -0.05) is 25.5 Å². The maximum Gasteiger partial charge on any atom is 0.326 e. The lowest BCUT2D eigenvalue weighted by Crippen LogP contribution is -2.40. The molecular formula is C17H23NO4. The lowest BCUT2D eigenvalue weighted by atomic mass is 10.1. The molecule has 0 aromatic heterocycles. The highest BCUT2D eigenvalue weighted by atomic mass is 16.5. The predicted molar refractivity (Wildman–Crippen MR) is 85.2 cm³/mol. The first kappa shape index (κ1) is 17.8. The van der Waals surface area contributed by atoms with E-state index >= 15 is 0 Å². The van der Waals surface area contributed by atoms with Crippen molar-refractivity contribution in [2.45, 2.75) is 39.2 Å². The van der Waals surface area contributed by atoms with Crippen LogP contribution >= 0.6 is 0 Å². The van der Waals surface area contributed by atoms with Crippen molar-refractivity contribution >= 4 is 11.9 Å². The van der Waals surface area contributed by atoms with Crippen LogP contribution in [-0.4, -0.2) is 29.6 Å². The number of nitrogens with one attached hydrogen (secondary N) is 1. The minimum atomic E-state index is -1.05. The van der Waals surface area contributed by atoms with Crippen LogP contribution in [0.1, 0.15) is 43.5 Å². The molecule has 5 nitrogen and oxygen atoms in total. The topological polar surface area (TPSA) is 75.6 Å². The number of carboxylic acid groups (broad SMARTS) is 1. The van der Waals surface area contributed by atoms with Gasteiger partial charge in [0.2, 0.25) is 0 Å². The number of hydrogen-bond acceptors (Lipinski definition) is 3. The largest absolute Gasteiger partial charge is 0.494 e. The van der Waals surface area contributed by atoms with E-state index in [1.165, 1.54) is 0 Å². The van der Waals surface area contributed by atoms with Crippen molar-refractivity contribution in [3.63, 3.8) is 0 Å². The summed E-state index contributed by atoms with van der Waals surface area (Å²) in [5.74, 6) is -0.753. The van der Waals surface area contributed by atoms with Gasteiger partial charge in [-0.25, -0.2) is 4.79 Å². The monoisotopic (exact) mass is 305 g/mol. The van der Waals surface area contributed by atoms with Crippen LogP contribution in [0.3, 0.4) is 0 Å². The van der Waals surface area contributed by atoms with E-state index in [1.807, 2.05) is 0 Å². The van der Waals surface area contributed by atoms with Crippen LogP contribution in [0.5, 0.6) is 5.75 Å². The maximum absolute atomic E-state index is 12.1. The van der Waals surface area contributed by atoms with E-state index in [0.717, 1.165) is 12.8 Å². The number of aliphatic carboxylic acids is 1. The van der Waals surface area contributed by atoms with Gasteiger partial charge in [-0.2, -0.15) is 0 Å². The van der Waals surface area contributed by atoms with Crippen LogP contribution in [0, 0.1) is 0 Å². The summed E-state index contributed by atoms with van der Waals surface area (Å²) in [6.45, 7) is 4.54. The highest BCUT2D eigenvalue weighted by Gasteiger charge is 2.19. The third kappa shape index (κ3) is 5.99. The van der Waals surface area contributed by atoms with Gasteiger partial charge >= 0.3 is 5.97 Å². The van der Waals surface area contributed by atoms with E-state index in [9.17, 15) is 9.59 Å². The van der Waals surface area contributed by atoms with Gasteiger partial charge in [0.05, 0.1) is 6.61 Å². The number of benzene rings is 1. The Hall–Kier alpha value is -2.30. The first-order valence-electron chi connectivity index (χ1n) is 7.46. The number of carboxylic acids is 1. The van der Waals surface area contributed by atoms with Crippen LogP contribution in [0.25, 0.3) is 0 Å². The minimum absolute atomic E-state index is 0.260. The van der Waals surface area contributed by atoms with Gasteiger partial charge in [0, 0.05) is 5.56 Å². The second-order valence-corrected chi connectivity index (χ2v) is 4.90. The molecule has 1 atom stereocenters. The highest BCUT2D eigenvalue weighted by molar-refractivity contribution is 5.96. The fourth-order valence-electron chi connectivity index (χ4n) is 1.77. The van der Waals surface area contributed by atoms with E-state index in [0.29, 0.717) is 17.9 Å². The zero-order valence-corrected chi connectivity index (χ0v) is 13.0. The van der Waals surface area contributed by atoms with Crippen LogP contribution in [-0.2, 0) is 4.79 Å². The van der Waals surface area contributed by atoms with Crippen molar-refractivity contribution in [1.29, 1.82) is 0 Å². The fourth-order valence-corrected chi connectivity index (χ4v) is 1.77. The Morgan fingerprint density at radius 3 is 2.55 bits per heavy atom.